The zero-order valence-electron chi connectivity index (χ0n) is 12.8. The van der Waals surface area contributed by atoms with Gasteiger partial charge in [0, 0.05) is 18.3 Å². The topological polar surface area (TPSA) is 70.2 Å². The molecule has 0 bridgehead atoms. The Kier molecular flexibility index (Phi) is 6.12. The van der Waals surface area contributed by atoms with Crippen LogP contribution in [-0.2, 0) is 4.79 Å². The fraction of sp³-hybridized carbons (Fsp3) is 0.250. The van der Waals surface area contributed by atoms with Crippen molar-refractivity contribution >= 4 is 17.8 Å². The maximum atomic E-state index is 12.9. The lowest BCUT2D eigenvalue weighted by molar-refractivity contribution is -0.105. The smallest absolute Gasteiger partial charge is 0.384 e. The average molecular weight is 325 g/mol. The van der Waals surface area contributed by atoms with Crippen molar-refractivity contribution in [1.29, 1.82) is 5.41 Å². The highest BCUT2D eigenvalue weighted by atomic mass is 19.4. The number of aldehydes is 1. The van der Waals surface area contributed by atoms with Crippen LogP contribution in [-0.4, -0.2) is 25.3 Å². The molecule has 124 valence electrons. The minimum Gasteiger partial charge on any atom is -0.384 e. The van der Waals surface area contributed by atoms with Crippen LogP contribution in [0.4, 0.5) is 18.9 Å². The fourth-order valence-electron chi connectivity index (χ4n) is 1.88. The van der Waals surface area contributed by atoms with Gasteiger partial charge in [-0.2, -0.15) is 13.2 Å². The summed E-state index contributed by atoms with van der Waals surface area (Å²) in [7, 11) is 1.47. The van der Waals surface area contributed by atoms with Crippen LogP contribution in [0.5, 0.6) is 0 Å². The minimum atomic E-state index is -4.54. The molecule has 7 heteroatoms. The second-order valence-corrected chi connectivity index (χ2v) is 4.78. The van der Waals surface area contributed by atoms with Crippen molar-refractivity contribution in [3.05, 3.63) is 53.3 Å². The molecule has 0 fully saturated rings. The van der Waals surface area contributed by atoms with Gasteiger partial charge in [-0.1, -0.05) is 25.1 Å². The number of benzene rings is 1. The second-order valence-electron chi connectivity index (χ2n) is 4.78. The summed E-state index contributed by atoms with van der Waals surface area (Å²) in [5.74, 6) is -0.168. The zero-order valence-corrected chi connectivity index (χ0v) is 12.8. The van der Waals surface area contributed by atoms with Gasteiger partial charge >= 0.3 is 6.18 Å². The van der Waals surface area contributed by atoms with Gasteiger partial charge in [-0.15, -0.1) is 0 Å². The van der Waals surface area contributed by atoms with E-state index >= 15 is 0 Å². The maximum absolute atomic E-state index is 12.9. The molecule has 0 saturated carbocycles. The number of carbonyl (C=O) groups excluding carboxylic acids is 1. The van der Waals surface area contributed by atoms with Crippen LogP contribution in [0.1, 0.15) is 18.9 Å². The van der Waals surface area contributed by atoms with E-state index in [0.29, 0.717) is 17.5 Å². The van der Waals surface area contributed by atoms with Gasteiger partial charge in [-0.3, -0.25) is 10.2 Å². The third-order valence-corrected chi connectivity index (χ3v) is 3.11. The third kappa shape index (κ3) is 4.98. The van der Waals surface area contributed by atoms with E-state index in [1.165, 1.54) is 18.0 Å². The summed E-state index contributed by atoms with van der Waals surface area (Å²) < 4.78 is 38.8. The van der Waals surface area contributed by atoms with Gasteiger partial charge in [0.1, 0.15) is 5.84 Å². The first-order valence-corrected chi connectivity index (χ1v) is 6.83. The molecule has 0 amide bonds. The fourth-order valence-corrected chi connectivity index (χ4v) is 1.88. The molecule has 4 nitrogen and oxygen atoms in total. The minimum absolute atomic E-state index is 0.150. The highest BCUT2D eigenvalue weighted by molar-refractivity contribution is 5.96. The SMILES string of the molecule is CC/C=C(/C=C(/C=O)N(C)c1cccc(C(=N)N)c1)C(F)(F)F. The predicted molar refractivity (Wildman–Crippen MR) is 84.4 cm³/mol. The van der Waals surface area contributed by atoms with Crippen molar-refractivity contribution in [2.45, 2.75) is 19.5 Å². The standard InChI is InChI=1S/C16H18F3N3O/c1-3-5-12(16(17,18)19)9-14(10-23)22(2)13-7-4-6-11(8-13)15(20)21/h4-10H,3H2,1-2H3,(H3,20,21)/b12-5-,14-9-. The van der Waals surface area contributed by atoms with Crippen molar-refractivity contribution in [1.82, 2.24) is 0 Å². The number of rotatable bonds is 6. The van der Waals surface area contributed by atoms with Crippen LogP contribution >= 0.6 is 0 Å². The van der Waals surface area contributed by atoms with Crippen LogP contribution in [0.3, 0.4) is 0 Å². The number of nitrogens with zero attached hydrogens (tertiary/aromatic N) is 1. The van der Waals surface area contributed by atoms with Gasteiger partial charge in [-0.05, 0) is 24.6 Å². The Bertz CT molecular complexity index is 648. The first kappa shape index (κ1) is 18.5. The number of carbonyl (C=O) groups is 1. The summed E-state index contributed by atoms with van der Waals surface area (Å²) in [4.78, 5) is 12.5. The third-order valence-electron chi connectivity index (χ3n) is 3.11. The van der Waals surface area contributed by atoms with Gasteiger partial charge in [0.05, 0.1) is 11.3 Å². The lowest BCUT2D eigenvalue weighted by atomic mass is 10.1. The van der Waals surface area contributed by atoms with Crippen LogP contribution in [0.2, 0.25) is 0 Å². The number of halogens is 3. The highest BCUT2D eigenvalue weighted by Crippen LogP contribution is 2.29. The molecular weight excluding hydrogens is 307 g/mol. The molecule has 0 heterocycles. The van der Waals surface area contributed by atoms with Crippen LogP contribution in [0.25, 0.3) is 0 Å². The summed E-state index contributed by atoms with van der Waals surface area (Å²) >= 11 is 0. The van der Waals surface area contributed by atoms with E-state index in [1.807, 2.05) is 0 Å². The van der Waals surface area contributed by atoms with E-state index in [-0.39, 0.29) is 18.0 Å². The van der Waals surface area contributed by atoms with E-state index in [1.54, 1.807) is 25.1 Å². The van der Waals surface area contributed by atoms with Gasteiger partial charge in [0.2, 0.25) is 0 Å². The summed E-state index contributed by atoms with van der Waals surface area (Å²) in [5.41, 5.74) is 5.23. The van der Waals surface area contributed by atoms with Crippen LogP contribution < -0.4 is 10.6 Å². The summed E-state index contributed by atoms with van der Waals surface area (Å²) in [6, 6.07) is 6.34. The Balaban J connectivity index is 3.26. The zero-order chi connectivity index (χ0) is 17.6. The summed E-state index contributed by atoms with van der Waals surface area (Å²) in [6.45, 7) is 1.58. The van der Waals surface area contributed by atoms with Crippen molar-refractivity contribution < 1.29 is 18.0 Å². The Morgan fingerprint density at radius 2 is 2.04 bits per heavy atom. The van der Waals surface area contributed by atoms with Gasteiger partial charge in [0.15, 0.2) is 6.29 Å². The quantitative estimate of drug-likeness (QED) is 0.277. The van der Waals surface area contributed by atoms with E-state index in [9.17, 15) is 18.0 Å². The van der Waals surface area contributed by atoms with Gasteiger partial charge < -0.3 is 10.6 Å². The Morgan fingerprint density at radius 1 is 1.39 bits per heavy atom. The Hall–Kier alpha value is -2.57. The first-order chi connectivity index (χ1) is 10.7. The van der Waals surface area contributed by atoms with Crippen molar-refractivity contribution in [2.75, 3.05) is 11.9 Å². The largest absolute Gasteiger partial charge is 0.416 e. The molecule has 3 N–H and O–H groups in total. The van der Waals surface area contributed by atoms with Crippen molar-refractivity contribution in [2.24, 2.45) is 5.73 Å². The first-order valence-electron chi connectivity index (χ1n) is 6.83. The van der Waals surface area contributed by atoms with Gasteiger partial charge in [-0.25, -0.2) is 0 Å². The van der Waals surface area contributed by atoms with E-state index in [2.05, 4.69) is 0 Å². The molecule has 0 aliphatic heterocycles. The number of alkyl halides is 3. The van der Waals surface area contributed by atoms with Crippen LogP contribution in [0, 0.1) is 5.41 Å². The van der Waals surface area contributed by atoms with Crippen LogP contribution in [0.15, 0.2) is 47.7 Å². The van der Waals surface area contributed by atoms with Crippen molar-refractivity contribution in [3.8, 4) is 0 Å². The predicted octanol–water partition coefficient (Wildman–Crippen LogP) is 3.39. The van der Waals surface area contributed by atoms with E-state index in [0.717, 1.165) is 12.2 Å². The van der Waals surface area contributed by atoms with Gasteiger partial charge in [0.25, 0.3) is 0 Å². The lowest BCUT2D eigenvalue weighted by Gasteiger charge is -2.20. The Labute approximate surface area is 132 Å². The molecule has 0 saturated heterocycles. The Morgan fingerprint density at radius 3 is 2.52 bits per heavy atom. The number of likely N-dealkylation sites (N-methyl/N-ethyl adjacent to an activating group) is 1. The molecule has 1 aromatic carbocycles. The molecule has 0 spiro atoms. The average Bonchev–Trinajstić information content (AvgIpc) is 2.49. The molecule has 0 unspecified atom stereocenters. The molecule has 0 radical (unpaired) electrons. The molecule has 0 aliphatic carbocycles. The number of nitrogen functional groups attached to an aromatic ring is 1. The number of allylic oxidation sites excluding steroid dienone is 4. The highest BCUT2D eigenvalue weighted by Gasteiger charge is 2.32. The molecule has 23 heavy (non-hydrogen) atoms. The van der Waals surface area contributed by atoms with E-state index in [4.69, 9.17) is 11.1 Å². The normalized spacial score (nSPS) is 12.9. The number of nitrogens with two attached hydrogens (primary N) is 1. The number of amidine groups is 1. The lowest BCUT2D eigenvalue weighted by Crippen LogP contribution is -2.20. The molecule has 0 atom stereocenters. The molecule has 1 rings (SSSR count). The molecule has 0 aromatic heterocycles. The number of anilines is 1. The maximum Gasteiger partial charge on any atom is 0.416 e. The number of hydrogen-bond donors (Lipinski definition) is 2. The monoisotopic (exact) mass is 325 g/mol. The van der Waals surface area contributed by atoms with Crippen molar-refractivity contribution in [3.63, 3.8) is 0 Å². The number of nitrogens with one attached hydrogen (secondary N) is 1. The molecular formula is C16H18F3N3O. The summed E-state index contributed by atoms with van der Waals surface area (Å²) in [5, 5.41) is 7.39. The number of hydrogen-bond acceptors (Lipinski definition) is 3. The molecule has 1 aromatic rings. The summed E-state index contributed by atoms with van der Waals surface area (Å²) in [6.07, 6.45) is -2.16. The second kappa shape index (κ2) is 7.62. The van der Waals surface area contributed by atoms with E-state index < -0.39 is 11.7 Å². The molecule has 0 aliphatic rings.